The van der Waals surface area contributed by atoms with E-state index in [-0.39, 0.29) is 10.8 Å². The SMILES string of the molecule is Fc1ccc2c(ccn2Cc2ccc(F)c(Cl)c2)c1. The van der Waals surface area contributed by atoms with E-state index in [0.717, 1.165) is 16.5 Å². The summed E-state index contributed by atoms with van der Waals surface area (Å²) in [6.07, 6.45) is 1.88. The van der Waals surface area contributed by atoms with Gasteiger partial charge in [-0.25, -0.2) is 8.78 Å². The standard InChI is InChI=1S/C15H10ClF2N/c16-13-7-10(1-3-14(13)18)9-19-6-5-11-8-12(17)2-4-15(11)19/h1-8H,9H2. The molecule has 0 unspecified atom stereocenters. The van der Waals surface area contributed by atoms with E-state index in [9.17, 15) is 8.78 Å². The molecule has 0 bridgehead atoms. The zero-order chi connectivity index (χ0) is 13.4. The molecule has 96 valence electrons. The van der Waals surface area contributed by atoms with E-state index < -0.39 is 5.82 Å². The lowest BCUT2D eigenvalue weighted by Gasteiger charge is -2.06. The Kier molecular flexibility index (Phi) is 2.99. The molecule has 0 aliphatic rings. The summed E-state index contributed by atoms with van der Waals surface area (Å²) in [6.45, 7) is 0.565. The van der Waals surface area contributed by atoms with Gasteiger partial charge in [0.05, 0.1) is 5.02 Å². The first-order valence-electron chi connectivity index (χ1n) is 5.82. The lowest BCUT2D eigenvalue weighted by Crippen LogP contribution is -1.98. The summed E-state index contributed by atoms with van der Waals surface area (Å²) in [6, 6.07) is 11.1. The van der Waals surface area contributed by atoms with Crippen molar-refractivity contribution in [1.82, 2.24) is 4.57 Å². The van der Waals surface area contributed by atoms with Crippen molar-refractivity contribution in [3.05, 3.63) is 70.9 Å². The maximum absolute atomic E-state index is 13.1. The summed E-state index contributed by atoms with van der Waals surface area (Å²) in [5.74, 6) is -0.681. The van der Waals surface area contributed by atoms with E-state index in [1.165, 1.54) is 18.2 Å². The van der Waals surface area contributed by atoms with Gasteiger partial charge in [-0.15, -0.1) is 0 Å². The van der Waals surface area contributed by atoms with Crippen molar-refractivity contribution in [3.8, 4) is 0 Å². The third-order valence-corrected chi connectivity index (χ3v) is 3.36. The molecule has 1 nitrogen and oxygen atoms in total. The van der Waals surface area contributed by atoms with Crippen LogP contribution in [0.15, 0.2) is 48.7 Å². The van der Waals surface area contributed by atoms with E-state index in [4.69, 9.17) is 11.6 Å². The topological polar surface area (TPSA) is 4.93 Å². The molecular weight excluding hydrogens is 268 g/mol. The molecule has 0 aliphatic carbocycles. The van der Waals surface area contributed by atoms with Gasteiger partial charge >= 0.3 is 0 Å². The van der Waals surface area contributed by atoms with Crippen molar-refractivity contribution in [3.63, 3.8) is 0 Å². The van der Waals surface area contributed by atoms with Gasteiger partial charge in [-0.2, -0.15) is 0 Å². The quantitative estimate of drug-likeness (QED) is 0.644. The van der Waals surface area contributed by atoms with Crippen LogP contribution in [0.2, 0.25) is 5.02 Å². The third kappa shape index (κ3) is 2.34. The van der Waals surface area contributed by atoms with Crippen LogP contribution >= 0.6 is 11.6 Å². The van der Waals surface area contributed by atoms with E-state index in [2.05, 4.69) is 0 Å². The number of hydrogen-bond donors (Lipinski definition) is 0. The van der Waals surface area contributed by atoms with Crippen LogP contribution in [0.4, 0.5) is 8.78 Å². The van der Waals surface area contributed by atoms with Crippen molar-refractivity contribution >= 4 is 22.5 Å². The van der Waals surface area contributed by atoms with Crippen LogP contribution in [0.5, 0.6) is 0 Å². The van der Waals surface area contributed by atoms with Gasteiger partial charge in [0, 0.05) is 23.6 Å². The molecule has 0 atom stereocenters. The van der Waals surface area contributed by atoms with Crippen LogP contribution in [-0.4, -0.2) is 4.57 Å². The van der Waals surface area contributed by atoms with Crippen LogP contribution in [0, 0.1) is 11.6 Å². The van der Waals surface area contributed by atoms with Crippen LogP contribution in [0.3, 0.4) is 0 Å². The molecule has 1 heterocycles. The number of fused-ring (bicyclic) bond motifs is 1. The summed E-state index contributed by atoms with van der Waals surface area (Å²) in [4.78, 5) is 0. The van der Waals surface area contributed by atoms with Crippen molar-refractivity contribution in [2.75, 3.05) is 0 Å². The second kappa shape index (κ2) is 4.67. The van der Waals surface area contributed by atoms with Crippen LogP contribution in [-0.2, 0) is 6.54 Å². The molecule has 19 heavy (non-hydrogen) atoms. The Bertz CT molecular complexity index is 749. The van der Waals surface area contributed by atoms with Gasteiger partial charge in [0.15, 0.2) is 0 Å². The molecule has 0 fully saturated rings. The van der Waals surface area contributed by atoms with Crippen molar-refractivity contribution in [1.29, 1.82) is 0 Å². The first kappa shape index (κ1) is 12.2. The Hall–Kier alpha value is -1.87. The monoisotopic (exact) mass is 277 g/mol. The number of aromatic nitrogens is 1. The highest BCUT2D eigenvalue weighted by Gasteiger charge is 2.05. The van der Waals surface area contributed by atoms with Crippen molar-refractivity contribution in [2.24, 2.45) is 0 Å². The highest BCUT2D eigenvalue weighted by Crippen LogP contribution is 2.21. The Morgan fingerprint density at radius 3 is 2.63 bits per heavy atom. The molecule has 0 saturated heterocycles. The van der Waals surface area contributed by atoms with E-state index in [0.29, 0.717) is 6.54 Å². The normalized spacial score (nSPS) is 11.1. The summed E-state index contributed by atoms with van der Waals surface area (Å²) in [5, 5.41) is 0.952. The van der Waals surface area contributed by atoms with E-state index >= 15 is 0 Å². The van der Waals surface area contributed by atoms with E-state index in [1.807, 2.05) is 16.8 Å². The van der Waals surface area contributed by atoms with Gasteiger partial charge in [-0.1, -0.05) is 17.7 Å². The summed E-state index contributed by atoms with van der Waals surface area (Å²) in [5.41, 5.74) is 1.83. The minimum atomic E-state index is -0.426. The first-order valence-corrected chi connectivity index (χ1v) is 6.19. The summed E-state index contributed by atoms with van der Waals surface area (Å²) >= 11 is 5.76. The zero-order valence-electron chi connectivity index (χ0n) is 9.91. The second-order valence-electron chi connectivity index (χ2n) is 4.40. The van der Waals surface area contributed by atoms with E-state index in [1.54, 1.807) is 18.2 Å². The fourth-order valence-corrected chi connectivity index (χ4v) is 2.35. The predicted molar refractivity (Wildman–Crippen MR) is 72.4 cm³/mol. The molecule has 2 aromatic carbocycles. The maximum atomic E-state index is 13.1. The Labute approximate surface area is 114 Å². The maximum Gasteiger partial charge on any atom is 0.141 e. The van der Waals surface area contributed by atoms with Crippen LogP contribution in [0.1, 0.15) is 5.56 Å². The van der Waals surface area contributed by atoms with Crippen LogP contribution < -0.4 is 0 Å². The Morgan fingerprint density at radius 1 is 1.00 bits per heavy atom. The second-order valence-corrected chi connectivity index (χ2v) is 4.80. The van der Waals surface area contributed by atoms with Crippen molar-refractivity contribution < 1.29 is 8.78 Å². The smallest absolute Gasteiger partial charge is 0.141 e. The fraction of sp³-hybridized carbons (Fsp3) is 0.0667. The largest absolute Gasteiger partial charge is 0.343 e. The highest BCUT2D eigenvalue weighted by atomic mass is 35.5. The summed E-state index contributed by atoms with van der Waals surface area (Å²) < 4.78 is 28.2. The number of halogens is 3. The lowest BCUT2D eigenvalue weighted by molar-refractivity contribution is 0.626. The van der Waals surface area contributed by atoms with Gasteiger partial charge in [-0.05, 0) is 42.0 Å². The molecular formula is C15H10ClF2N. The highest BCUT2D eigenvalue weighted by molar-refractivity contribution is 6.30. The molecule has 0 saturated carbocycles. The fourth-order valence-electron chi connectivity index (χ4n) is 2.14. The van der Waals surface area contributed by atoms with Gasteiger partial charge in [0.2, 0.25) is 0 Å². The summed E-state index contributed by atoms with van der Waals surface area (Å²) in [7, 11) is 0. The minimum absolute atomic E-state index is 0.111. The van der Waals surface area contributed by atoms with Gasteiger partial charge < -0.3 is 4.57 Å². The molecule has 0 radical (unpaired) electrons. The molecule has 0 aliphatic heterocycles. The third-order valence-electron chi connectivity index (χ3n) is 3.07. The Balaban J connectivity index is 1.98. The minimum Gasteiger partial charge on any atom is -0.343 e. The molecule has 1 aromatic heterocycles. The first-order chi connectivity index (χ1) is 9.13. The average Bonchev–Trinajstić information content (AvgIpc) is 2.76. The molecule has 3 rings (SSSR count). The van der Waals surface area contributed by atoms with Crippen LogP contribution in [0.25, 0.3) is 10.9 Å². The van der Waals surface area contributed by atoms with Gasteiger partial charge in [0.25, 0.3) is 0 Å². The molecule has 4 heteroatoms. The number of rotatable bonds is 2. The van der Waals surface area contributed by atoms with Gasteiger partial charge in [0.1, 0.15) is 11.6 Å². The average molecular weight is 278 g/mol. The molecule has 3 aromatic rings. The predicted octanol–water partition coefficient (Wildman–Crippen LogP) is 4.62. The van der Waals surface area contributed by atoms with Crippen molar-refractivity contribution in [2.45, 2.75) is 6.54 Å². The molecule has 0 N–H and O–H groups in total. The molecule has 0 amide bonds. The van der Waals surface area contributed by atoms with Gasteiger partial charge in [-0.3, -0.25) is 0 Å². The number of nitrogens with zero attached hydrogens (tertiary/aromatic N) is 1. The number of benzene rings is 2. The number of hydrogen-bond acceptors (Lipinski definition) is 0. The molecule has 0 spiro atoms. The lowest BCUT2D eigenvalue weighted by atomic mass is 10.2. The zero-order valence-corrected chi connectivity index (χ0v) is 10.7. The Morgan fingerprint density at radius 2 is 1.84 bits per heavy atom.